The van der Waals surface area contributed by atoms with Gasteiger partial charge >= 0.3 is 0 Å². The van der Waals surface area contributed by atoms with Gasteiger partial charge in [0.1, 0.15) is 0 Å². The Morgan fingerprint density at radius 3 is 2.08 bits per heavy atom. The zero-order valence-electron chi connectivity index (χ0n) is 21.6. The summed E-state index contributed by atoms with van der Waals surface area (Å²) < 4.78 is 2.24. The lowest BCUT2D eigenvalue weighted by molar-refractivity contribution is 0.556. The van der Waals surface area contributed by atoms with Crippen molar-refractivity contribution in [3.8, 4) is 0 Å². The predicted molar refractivity (Wildman–Crippen MR) is 156 cm³/mol. The van der Waals surface area contributed by atoms with Crippen molar-refractivity contribution in [2.45, 2.75) is 45.1 Å². The van der Waals surface area contributed by atoms with E-state index in [4.69, 9.17) is 26.6 Å². The Morgan fingerprint density at radius 1 is 0.789 bits per heavy atom. The average molecular weight is 529 g/mol. The SMILES string of the molecule is Clc1ccc(Cn2cc(/C=N/Nc3nc(N4CCCCC4)nc(N4CCCCC4)n3)c3ccccc32)cc1. The van der Waals surface area contributed by atoms with Gasteiger partial charge in [0.05, 0.1) is 6.21 Å². The number of hydrogen-bond donors (Lipinski definition) is 1. The molecule has 2 fully saturated rings. The van der Waals surface area contributed by atoms with Crippen LogP contribution in [0, 0.1) is 0 Å². The summed E-state index contributed by atoms with van der Waals surface area (Å²) in [5, 5.41) is 6.46. The lowest BCUT2D eigenvalue weighted by atomic mass is 10.1. The molecule has 0 atom stereocenters. The van der Waals surface area contributed by atoms with E-state index in [1.807, 2.05) is 18.3 Å². The van der Waals surface area contributed by atoms with E-state index < -0.39 is 0 Å². The molecule has 0 aliphatic carbocycles. The molecule has 0 spiro atoms. The van der Waals surface area contributed by atoms with Gasteiger partial charge in [-0.3, -0.25) is 0 Å². The molecule has 0 bridgehead atoms. The molecule has 9 heteroatoms. The number of hydrogen-bond acceptors (Lipinski definition) is 7. The van der Waals surface area contributed by atoms with Crippen LogP contribution in [-0.2, 0) is 6.54 Å². The molecule has 2 aromatic carbocycles. The summed E-state index contributed by atoms with van der Waals surface area (Å²) in [5.41, 5.74) is 6.49. The third-order valence-corrected chi connectivity index (χ3v) is 7.60. The highest BCUT2D eigenvalue weighted by atomic mass is 35.5. The van der Waals surface area contributed by atoms with Crippen molar-refractivity contribution >= 4 is 46.6 Å². The third kappa shape index (κ3) is 5.60. The highest BCUT2D eigenvalue weighted by molar-refractivity contribution is 6.30. The first-order valence-electron chi connectivity index (χ1n) is 13.6. The first-order valence-corrected chi connectivity index (χ1v) is 14.0. The van der Waals surface area contributed by atoms with Gasteiger partial charge in [-0.1, -0.05) is 41.9 Å². The van der Waals surface area contributed by atoms with Crippen LogP contribution in [0.5, 0.6) is 0 Å². The summed E-state index contributed by atoms with van der Waals surface area (Å²) in [6, 6.07) is 16.4. The number of anilines is 3. The van der Waals surface area contributed by atoms with E-state index in [0.717, 1.165) is 66.1 Å². The Bertz CT molecular complexity index is 1370. The lowest BCUT2D eigenvalue weighted by Gasteiger charge is -2.30. The van der Waals surface area contributed by atoms with E-state index in [0.29, 0.717) is 5.95 Å². The molecule has 4 aromatic rings. The summed E-state index contributed by atoms with van der Waals surface area (Å²) in [6.45, 7) is 4.70. The quantitative estimate of drug-likeness (QED) is 0.236. The molecule has 6 rings (SSSR count). The van der Waals surface area contributed by atoms with E-state index >= 15 is 0 Å². The van der Waals surface area contributed by atoms with Crippen molar-refractivity contribution in [1.29, 1.82) is 0 Å². The first-order chi connectivity index (χ1) is 18.7. The van der Waals surface area contributed by atoms with Crippen LogP contribution >= 0.6 is 11.6 Å². The standard InChI is InChI=1S/C29H33ClN8/c30-24-13-11-22(12-14-24)20-38-21-23(25-9-3-4-10-26(25)38)19-31-35-27-32-28(36-15-5-1-6-16-36)34-29(33-27)37-17-7-2-8-18-37/h3-4,9-14,19,21H,1-2,5-8,15-18,20H2,(H,32,33,34,35)/b31-19+. The number of rotatable bonds is 7. The van der Waals surface area contributed by atoms with Gasteiger partial charge in [-0.15, -0.1) is 0 Å². The highest BCUT2D eigenvalue weighted by Crippen LogP contribution is 2.24. The Balaban J connectivity index is 1.25. The number of nitrogens with one attached hydrogen (secondary N) is 1. The minimum absolute atomic E-state index is 0.488. The Labute approximate surface area is 228 Å². The summed E-state index contributed by atoms with van der Waals surface area (Å²) >= 11 is 6.08. The first kappa shape index (κ1) is 24.7. The number of fused-ring (bicyclic) bond motifs is 1. The topological polar surface area (TPSA) is 74.5 Å². The minimum Gasteiger partial charge on any atom is -0.342 e. The molecule has 38 heavy (non-hydrogen) atoms. The number of nitrogens with zero attached hydrogens (tertiary/aromatic N) is 7. The normalized spacial score (nSPS) is 16.4. The molecule has 2 aromatic heterocycles. The second kappa shape index (κ2) is 11.4. The van der Waals surface area contributed by atoms with Crippen molar-refractivity contribution in [2.24, 2.45) is 5.10 Å². The van der Waals surface area contributed by atoms with E-state index in [1.165, 1.54) is 44.1 Å². The largest absolute Gasteiger partial charge is 0.342 e. The number of piperidine rings is 2. The van der Waals surface area contributed by atoms with E-state index in [2.05, 4.69) is 67.5 Å². The van der Waals surface area contributed by atoms with Gasteiger partial charge in [0.15, 0.2) is 0 Å². The third-order valence-electron chi connectivity index (χ3n) is 7.34. The molecule has 8 nitrogen and oxygen atoms in total. The Hall–Kier alpha value is -3.65. The predicted octanol–water partition coefficient (Wildman–Crippen LogP) is 5.95. The molecule has 2 saturated heterocycles. The zero-order chi connectivity index (χ0) is 25.7. The fourth-order valence-corrected chi connectivity index (χ4v) is 5.46. The average Bonchev–Trinajstić information content (AvgIpc) is 3.32. The van der Waals surface area contributed by atoms with Crippen LogP contribution < -0.4 is 15.2 Å². The van der Waals surface area contributed by atoms with Gasteiger partial charge in [0.2, 0.25) is 17.8 Å². The van der Waals surface area contributed by atoms with Crippen molar-refractivity contribution < 1.29 is 0 Å². The number of benzene rings is 2. The van der Waals surface area contributed by atoms with Crippen molar-refractivity contribution in [2.75, 3.05) is 41.4 Å². The second-order valence-electron chi connectivity index (χ2n) is 10.1. The molecular formula is C29H33ClN8. The van der Waals surface area contributed by atoms with Crippen molar-refractivity contribution in [3.63, 3.8) is 0 Å². The molecule has 0 saturated carbocycles. The van der Waals surface area contributed by atoms with Crippen molar-refractivity contribution in [3.05, 3.63) is 70.9 Å². The summed E-state index contributed by atoms with van der Waals surface area (Å²) in [6.07, 6.45) is 11.2. The van der Waals surface area contributed by atoms with Gasteiger partial charge in [-0.05, 0) is 62.3 Å². The maximum atomic E-state index is 6.08. The van der Waals surface area contributed by atoms with E-state index in [9.17, 15) is 0 Å². The molecule has 0 amide bonds. The minimum atomic E-state index is 0.488. The van der Waals surface area contributed by atoms with E-state index in [1.54, 1.807) is 0 Å². The lowest BCUT2D eigenvalue weighted by Crippen LogP contribution is -2.34. The van der Waals surface area contributed by atoms with Crippen LogP contribution in [0.15, 0.2) is 59.8 Å². The monoisotopic (exact) mass is 528 g/mol. The fraction of sp³-hybridized carbons (Fsp3) is 0.379. The zero-order valence-corrected chi connectivity index (χ0v) is 22.3. The van der Waals surface area contributed by atoms with Gasteiger partial charge in [-0.25, -0.2) is 5.43 Å². The summed E-state index contributed by atoms with van der Waals surface area (Å²) in [4.78, 5) is 18.9. The fourth-order valence-electron chi connectivity index (χ4n) is 5.33. The number of hydrazone groups is 1. The van der Waals surface area contributed by atoms with Gasteiger partial charge < -0.3 is 14.4 Å². The molecule has 4 heterocycles. The number of halogens is 1. The number of aromatic nitrogens is 4. The summed E-state index contributed by atoms with van der Waals surface area (Å²) in [7, 11) is 0. The van der Waals surface area contributed by atoms with Crippen LogP contribution in [0.25, 0.3) is 10.9 Å². The Kier molecular flexibility index (Phi) is 7.40. The Morgan fingerprint density at radius 2 is 1.42 bits per heavy atom. The smallest absolute Gasteiger partial charge is 0.250 e. The molecule has 196 valence electrons. The molecule has 2 aliphatic heterocycles. The molecule has 0 unspecified atom stereocenters. The maximum Gasteiger partial charge on any atom is 0.250 e. The molecule has 0 radical (unpaired) electrons. The molecule has 2 aliphatic rings. The molecular weight excluding hydrogens is 496 g/mol. The van der Waals surface area contributed by atoms with Crippen LogP contribution in [0.2, 0.25) is 5.02 Å². The maximum absolute atomic E-state index is 6.08. The van der Waals surface area contributed by atoms with Crippen LogP contribution in [0.4, 0.5) is 17.8 Å². The highest BCUT2D eigenvalue weighted by Gasteiger charge is 2.20. The summed E-state index contributed by atoms with van der Waals surface area (Å²) in [5.74, 6) is 1.98. The number of para-hydroxylation sites is 1. The van der Waals surface area contributed by atoms with Crippen LogP contribution in [0.3, 0.4) is 0 Å². The van der Waals surface area contributed by atoms with Crippen LogP contribution in [-0.4, -0.2) is 51.9 Å². The van der Waals surface area contributed by atoms with Crippen molar-refractivity contribution in [1.82, 2.24) is 19.5 Å². The second-order valence-corrected chi connectivity index (χ2v) is 10.5. The van der Waals surface area contributed by atoms with Crippen LogP contribution in [0.1, 0.15) is 49.7 Å². The van der Waals surface area contributed by atoms with Gasteiger partial charge in [0, 0.05) is 60.4 Å². The molecule has 1 N–H and O–H groups in total. The van der Waals surface area contributed by atoms with Gasteiger partial charge in [-0.2, -0.15) is 20.1 Å². The van der Waals surface area contributed by atoms with Gasteiger partial charge in [0.25, 0.3) is 0 Å². The van der Waals surface area contributed by atoms with E-state index in [-0.39, 0.29) is 0 Å².